The van der Waals surface area contributed by atoms with Gasteiger partial charge in [0.2, 0.25) is 0 Å². The Bertz CT molecular complexity index is 1330. The molecule has 2 atom stereocenters. The van der Waals surface area contributed by atoms with Crippen LogP contribution in [-0.2, 0) is 9.53 Å². The molecule has 0 unspecified atom stereocenters. The minimum absolute atomic E-state index is 0.0477. The summed E-state index contributed by atoms with van der Waals surface area (Å²) in [4.78, 5) is 34.8. The van der Waals surface area contributed by atoms with Crippen molar-refractivity contribution in [3.63, 3.8) is 0 Å². The summed E-state index contributed by atoms with van der Waals surface area (Å²) in [5.41, 5.74) is 3.30. The number of carbonyl (C=O) groups is 2. The third-order valence-corrected chi connectivity index (χ3v) is 5.99. The largest absolute Gasteiger partial charge is 0.506 e. The van der Waals surface area contributed by atoms with Gasteiger partial charge < -0.3 is 35.1 Å². The zero-order valence-corrected chi connectivity index (χ0v) is 22.6. The van der Waals surface area contributed by atoms with Crippen molar-refractivity contribution in [1.82, 2.24) is 16.1 Å². The number of nitrogens with zero attached hydrogens (tertiary/aromatic N) is 2. The van der Waals surface area contributed by atoms with Gasteiger partial charge in [0.05, 0.1) is 40.9 Å². The number of nitrogens with one attached hydrogen (secondary N) is 3. The minimum atomic E-state index is -1.31. The molecular formula is C24H26BrN5O9. The molecule has 1 aliphatic rings. The van der Waals surface area contributed by atoms with Crippen LogP contribution in [0.1, 0.15) is 31.0 Å². The second-order valence-electron chi connectivity index (χ2n) is 8.04. The minimum Gasteiger partial charge on any atom is -0.506 e. The molecule has 5 N–H and O–H groups in total. The molecule has 15 heteroatoms. The van der Waals surface area contributed by atoms with Crippen LogP contribution in [0.2, 0.25) is 0 Å². The molecule has 2 aromatic rings. The number of ether oxygens (including phenoxy) is 3. The van der Waals surface area contributed by atoms with E-state index in [4.69, 9.17) is 14.2 Å². The molecule has 0 fully saturated rings. The molecule has 3 rings (SSSR count). The smallest absolute Gasteiger partial charge is 0.337 e. The van der Waals surface area contributed by atoms with Gasteiger partial charge in [-0.05, 0) is 47.5 Å². The van der Waals surface area contributed by atoms with Crippen LogP contribution in [-0.4, -0.2) is 59.9 Å². The number of hydrazone groups is 1. The van der Waals surface area contributed by atoms with Gasteiger partial charge in [-0.3, -0.25) is 15.5 Å². The molecule has 0 saturated heterocycles. The lowest BCUT2D eigenvalue weighted by Gasteiger charge is -2.28. The summed E-state index contributed by atoms with van der Waals surface area (Å²) in [6.07, 6.45) is -0.196. The highest BCUT2D eigenvalue weighted by Gasteiger charge is 2.32. The van der Waals surface area contributed by atoms with E-state index in [9.17, 15) is 29.9 Å². The van der Waals surface area contributed by atoms with Crippen LogP contribution >= 0.6 is 15.9 Å². The summed E-state index contributed by atoms with van der Waals surface area (Å²) in [7, 11) is 1.24. The lowest BCUT2D eigenvalue weighted by molar-refractivity contribution is -0.385. The predicted molar refractivity (Wildman–Crippen MR) is 141 cm³/mol. The third-order valence-electron chi connectivity index (χ3n) is 5.39. The van der Waals surface area contributed by atoms with Crippen LogP contribution in [0.15, 0.2) is 51.2 Å². The number of nitro benzene ring substituents is 1. The lowest BCUT2D eigenvalue weighted by atomic mass is 9.95. The number of hydrogen-bond donors (Lipinski definition) is 5. The van der Waals surface area contributed by atoms with Crippen molar-refractivity contribution in [2.75, 3.05) is 20.3 Å². The summed E-state index contributed by atoms with van der Waals surface area (Å²) in [5.74, 6) is -0.300. The Morgan fingerprint density at radius 1 is 1.31 bits per heavy atom. The van der Waals surface area contributed by atoms with Crippen LogP contribution in [0.25, 0.3) is 0 Å². The van der Waals surface area contributed by atoms with Crippen LogP contribution in [0, 0.1) is 10.1 Å². The lowest BCUT2D eigenvalue weighted by Crippen LogP contribution is -2.45. The zero-order valence-electron chi connectivity index (χ0n) is 21.1. The van der Waals surface area contributed by atoms with E-state index in [1.165, 1.54) is 7.11 Å². The van der Waals surface area contributed by atoms with Crippen LogP contribution in [0.3, 0.4) is 0 Å². The number of halogens is 1. The van der Waals surface area contributed by atoms with Crippen molar-refractivity contribution in [1.29, 1.82) is 0 Å². The number of aromatic hydroxyl groups is 1. The first-order valence-corrected chi connectivity index (χ1v) is 12.2. The number of nitro groups is 1. The standard InChI is InChI=1S/C24H26BrN5O9/c1-4-38-18-8-13(21-20(23(33)37-3)12(2)27-24(34)28-21)5-6-17(18)39-11-19(31)29-26-10-14-7-15(30(35)36)9-16(25)22(14)32/h5-10,19,21,29,31-32H,4,11H2,1-3H3,(H2,27,28,34)/b26-10+/t19-,21+/m0/s1. The SMILES string of the molecule is CCOc1cc([C@H]2NC(=O)NC(C)=C2C(=O)OC)ccc1OC[C@H](O)N/N=C/c1cc([N+](=O)[O-])cc(Br)c1O. The Kier molecular flexibility index (Phi) is 9.68. The first-order chi connectivity index (χ1) is 18.5. The van der Waals surface area contributed by atoms with Crippen molar-refractivity contribution < 1.29 is 38.9 Å². The average molecular weight is 608 g/mol. The van der Waals surface area contributed by atoms with E-state index < -0.39 is 29.2 Å². The molecule has 208 valence electrons. The van der Waals surface area contributed by atoms with Gasteiger partial charge in [-0.15, -0.1) is 0 Å². The second kappa shape index (κ2) is 12.9. The number of phenols is 1. The molecule has 39 heavy (non-hydrogen) atoms. The molecule has 0 saturated carbocycles. The first-order valence-electron chi connectivity index (χ1n) is 11.4. The molecular weight excluding hydrogens is 582 g/mol. The van der Waals surface area contributed by atoms with Crippen LogP contribution < -0.4 is 25.5 Å². The Balaban J connectivity index is 1.72. The molecule has 2 aromatic carbocycles. The van der Waals surface area contributed by atoms with Crippen LogP contribution in [0.5, 0.6) is 17.2 Å². The highest BCUT2D eigenvalue weighted by molar-refractivity contribution is 9.10. The second-order valence-corrected chi connectivity index (χ2v) is 8.89. The van der Waals surface area contributed by atoms with Crippen molar-refractivity contribution in [2.24, 2.45) is 5.10 Å². The summed E-state index contributed by atoms with van der Waals surface area (Å²) in [5, 5.41) is 40.4. The summed E-state index contributed by atoms with van der Waals surface area (Å²) in [6, 6.07) is 5.79. The Morgan fingerprint density at radius 3 is 2.72 bits per heavy atom. The number of rotatable bonds is 11. The fourth-order valence-corrected chi connectivity index (χ4v) is 4.09. The van der Waals surface area contributed by atoms with Crippen molar-refractivity contribution in [3.05, 3.63) is 67.3 Å². The van der Waals surface area contributed by atoms with E-state index in [0.717, 1.165) is 18.3 Å². The molecule has 1 aliphatic heterocycles. The monoisotopic (exact) mass is 607 g/mol. The number of esters is 1. The van der Waals surface area contributed by atoms with Gasteiger partial charge in [-0.25, -0.2) is 9.59 Å². The predicted octanol–water partition coefficient (Wildman–Crippen LogP) is 2.58. The third kappa shape index (κ3) is 7.14. The number of carbonyl (C=O) groups excluding carboxylic acids is 2. The summed E-state index contributed by atoms with van der Waals surface area (Å²) in [6.45, 7) is 3.36. The number of allylic oxidation sites excluding steroid dienone is 1. The van der Waals surface area contributed by atoms with E-state index in [2.05, 4.69) is 37.1 Å². The summed E-state index contributed by atoms with van der Waals surface area (Å²) >= 11 is 3.04. The fourth-order valence-electron chi connectivity index (χ4n) is 3.62. The molecule has 0 radical (unpaired) electrons. The average Bonchev–Trinajstić information content (AvgIpc) is 2.89. The topological polar surface area (TPSA) is 194 Å². The number of methoxy groups -OCH3 is 1. The van der Waals surface area contributed by atoms with Gasteiger partial charge >= 0.3 is 12.0 Å². The van der Waals surface area contributed by atoms with Gasteiger partial charge in [0.15, 0.2) is 17.7 Å². The number of aliphatic hydroxyl groups excluding tert-OH is 1. The molecule has 14 nitrogen and oxygen atoms in total. The van der Waals surface area contributed by atoms with Gasteiger partial charge in [0, 0.05) is 23.4 Å². The van der Waals surface area contributed by atoms with E-state index in [1.54, 1.807) is 32.0 Å². The molecule has 2 amide bonds. The molecule has 0 spiro atoms. The molecule has 0 aromatic heterocycles. The number of benzene rings is 2. The maximum Gasteiger partial charge on any atom is 0.337 e. The summed E-state index contributed by atoms with van der Waals surface area (Å²) < 4.78 is 16.3. The van der Waals surface area contributed by atoms with Crippen molar-refractivity contribution in [3.8, 4) is 17.2 Å². The van der Waals surface area contributed by atoms with Gasteiger partial charge in [0.1, 0.15) is 12.4 Å². The Morgan fingerprint density at radius 2 is 2.05 bits per heavy atom. The zero-order chi connectivity index (χ0) is 28.7. The Labute approximate surface area is 230 Å². The van der Waals surface area contributed by atoms with Crippen molar-refractivity contribution in [2.45, 2.75) is 26.1 Å². The number of non-ortho nitro benzene ring substituents is 1. The van der Waals surface area contributed by atoms with E-state index in [-0.39, 0.29) is 46.0 Å². The maximum absolute atomic E-state index is 12.4. The molecule has 0 aliphatic carbocycles. The normalized spacial score (nSPS) is 15.8. The highest BCUT2D eigenvalue weighted by Crippen LogP contribution is 2.35. The van der Waals surface area contributed by atoms with Gasteiger partial charge in [-0.1, -0.05) is 6.07 Å². The van der Waals surface area contributed by atoms with E-state index >= 15 is 0 Å². The molecule has 1 heterocycles. The van der Waals surface area contributed by atoms with Crippen molar-refractivity contribution >= 4 is 39.8 Å². The fraction of sp³-hybridized carbons (Fsp3) is 0.292. The Hall–Kier alpha value is -4.37. The number of phenolic OH excluding ortho intramolecular Hbond substituents is 1. The maximum atomic E-state index is 12.4. The van der Waals surface area contributed by atoms with E-state index in [1.807, 2.05) is 0 Å². The highest BCUT2D eigenvalue weighted by atomic mass is 79.9. The number of amides is 2. The molecule has 0 bridgehead atoms. The number of urea groups is 1. The first kappa shape index (κ1) is 29.2. The quantitative estimate of drug-likeness (QED) is 0.0832. The number of aliphatic hydroxyl groups is 1. The van der Waals surface area contributed by atoms with Gasteiger partial charge in [-0.2, -0.15) is 5.10 Å². The van der Waals surface area contributed by atoms with Crippen LogP contribution in [0.4, 0.5) is 10.5 Å². The van der Waals surface area contributed by atoms with E-state index in [0.29, 0.717) is 17.0 Å². The van der Waals surface area contributed by atoms with Gasteiger partial charge in [0.25, 0.3) is 5.69 Å². The number of hydrogen-bond acceptors (Lipinski definition) is 11.